The van der Waals surface area contributed by atoms with Crippen molar-refractivity contribution in [2.45, 2.75) is 43.4 Å². The summed E-state index contributed by atoms with van der Waals surface area (Å²) in [5, 5.41) is 2.99. The van der Waals surface area contributed by atoms with Crippen LogP contribution in [-0.2, 0) is 26.8 Å². The first-order valence-electron chi connectivity index (χ1n) is 13.5. The van der Waals surface area contributed by atoms with Crippen LogP contribution in [0.4, 0.5) is 13.2 Å². The van der Waals surface area contributed by atoms with Gasteiger partial charge in [0.1, 0.15) is 11.6 Å². The Bertz CT molecular complexity index is 1340. The van der Waals surface area contributed by atoms with Crippen LogP contribution in [-0.4, -0.2) is 42.8 Å². The van der Waals surface area contributed by atoms with Gasteiger partial charge in [0.15, 0.2) is 11.6 Å². The first-order valence-corrected chi connectivity index (χ1v) is 13.5. The molecule has 0 spiro atoms. The molecule has 0 aromatic heterocycles. The van der Waals surface area contributed by atoms with E-state index in [9.17, 15) is 22.8 Å². The highest BCUT2D eigenvalue weighted by atomic mass is 19.2. The molecule has 1 aliphatic carbocycles. The molecule has 2 fully saturated rings. The molecule has 1 aliphatic heterocycles. The molecule has 5 rings (SSSR count). The van der Waals surface area contributed by atoms with Crippen LogP contribution < -0.4 is 5.32 Å². The van der Waals surface area contributed by atoms with Crippen molar-refractivity contribution in [1.29, 1.82) is 0 Å². The average molecular weight is 535 g/mol. The molecule has 1 heterocycles. The van der Waals surface area contributed by atoms with E-state index in [0.29, 0.717) is 57.4 Å². The predicted octanol–water partition coefficient (Wildman–Crippen LogP) is 5.34. The number of hydrogen-bond donors (Lipinski definition) is 1. The number of Topliss-reactive ketones (excluding diaryl/α,β-unsaturated/α-hetero) is 1. The highest BCUT2D eigenvalue weighted by Crippen LogP contribution is 2.55. The Morgan fingerprint density at radius 3 is 2.23 bits per heavy atom. The normalized spacial score (nSPS) is 22.3. The molecule has 4 nitrogen and oxygen atoms in total. The molecule has 1 saturated carbocycles. The van der Waals surface area contributed by atoms with E-state index in [1.165, 1.54) is 18.2 Å². The van der Waals surface area contributed by atoms with Gasteiger partial charge >= 0.3 is 0 Å². The summed E-state index contributed by atoms with van der Waals surface area (Å²) in [6, 6.07) is 19.7. The van der Waals surface area contributed by atoms with Gasteiger partial charge in [-0.2, -0.15) is 0 Å². The van der Waals surface area contributed by atoms with Crippen molar-refractivity contribution in [3.8, 4) is 0 Å². The molecule has 3 aromatic carbocycles. The van der Waals surface area contributed by atoms with Crippen molar-refractivity contribution in [3.05, 3.63) is 107 Å². The van der Waals surface area contributed by atoms with Gasteiger partial charge in [-0.25, -0.2) is 13.2 Å². The quantitative estimate of drug-likeness (QED) is 0.403. The monoisotopic (exact) mass is 534 g/mol. The topological polar surface area (TPSA) is 49.4 Å². The molecule has 1 amide bonds. The number of benzene rings is 3. The van der Waals surface area contributed by atoms with Crippen LogP contribution in [0, 0.1) is 23.4 Å². The van der Waals surface area contributed by atoms with E-state index >= 15 is 0 Å². The predicted molar refractivity (Wildman–Crippen MR) is 144 cm³/mol. The molecule has 2 aliphatic rings. The molecule has 3 aromatic rings. The van der Waals surface area contributed by atoms with E-state index in [4.69, 9.17) is 0 Å². The number of likely N-dealkylation sites (tertiary alicyclic amines) is 1. The second-order valence-electron chi connectivity index (χ2n) is 10.9. The van der Waals surface area contributed by atoms with Gasteiger partial charge < -0.3 is 10.2 Å². The van der Waals surface area contributed by atoms with Gasteiger partial charge in [0, 0.05) is 13.1 Å². The summed E-state index contributed by atoms with van der Waals surface area (Å²) in [7, 11) is 0. The van der Waals surface area contributed by atoms with E-state index in [1.54, 1.807) is 19.1 Å². The SMILES string of the molecule is CC(=O)C1(c2ccccc2)CCN(C[C@@H]2C[C@@]2(C(=O)NCCc2ccc(F)cc2)c2ccc(F)c(F)c2)CC1. The first kappa shape index (κ1) is 27.1. The molecule has 204 valence electrons. The molecule has 0 unspecified atom stereocenters. The van der Waals surface area contributed by atoms with E-state index in [1.807, 2.05) is 30.3 Å². The fourth-order valence-electron chi connectivity index (χ4n) is 6.25. The number of carbonyl (C=O) groups excluding carboxylic acids is 2. The van der Waals surface area contributed by atoms with Crippen LogP contribution in [0.5, 0.6) is 0 Å². The largest absolute Gasteiger partial charge is 0.355 e. The Labute approximate surface area is 227 Å². The number of amides is 1. The van der Waals surface area contributed by atoms with Crippen molar-refractivity contribution >= 4 is 11.7 Å². The molecule has 39 heavy (non-hydrogen) atoms. The standard InChI is InChI=1S/C32H33F3N2O2/c1-22(38)31(24-5-3-2-4-6-24)14-17-37(18-15-31)21-26-20-32(26,25-9-12-28(34)29(35)19-25)30(39)36-16-13-23-7-10-27(33)11-8-23/h2-12,19,26H,13-18,20-21H2,1H3,(H,36,39)/t26-,32+/m0/s1. The summed E-state index contributed by atoms with van der Waals surface area (Å²) in [6.45, 7) is 4.07. The van der Waals surface area contributed by atoms with Crippen molar-refractivity contribution in [1.82, 2.24) is 10.2 Å². The summed E-state index contributed by atoms with van der Waals surface area (Å²) < 4.78 is 41.2. The molecule has 7 heteroatoms. The minimum Gasteiger partial charge on any atom is -0.355 e. The van der Waals surface area contributed by atoms with Crippen molar-refractivity contribution in [2.24, 2.45) is 5.92 Å². The summed E-state index contributed by atoms with van der Waals surface area (Å²) in [6.07, 6.45) is 2.46. The van der Waals surface area contributed by atoms with Crippen molar-refractivity contribution in [3.63, 3.8) is 0 Å². The smallest absolute Gasteiger partial charge is 0.231 e. The maximum atomic E-state index is 14.2. The van der Waals surface area contributed by atoms with Gasteiger partial charge in [-0.05, 0) is 92.6 Å². The lowest BCUT2D eigenvalue weighted by Crippen LogP contribution is -2.47. The number of rotatable bonds is 9. The highest BCUT2D eigenvalue weighted by molar-refractivity contribution is 5.92. The van der Waals surface area contributed by atoms with E-state index < -0.39 is 22.5 Å². The maximum Gasteiger partial charge on any atom is 0.231 e. The Kier molecular flexibility index (Phi) is 7.63. The van der Waals surface area contributed by atoms with Crippen LogP contribution in [0.15, 0.2) is 72.8 Å². The zero-order chi connectivity index (χ0) is 27.6. The van der Waals surface area contributed by atoms with Crippen LogP contribution in [0.1, 0.15) is 42.9 Å². The Morgan fingerprint density at radius 1 is 0.897 bits per heavy atom. The number of piperidine rings is 1. The lowest BCUT2D eigenvalue weighted by atomic mass is 9.70. The lowest BCUT2D eigenvalue weighted by Gasteiger charge is -2.41. The summed E-state index contributed by atoms with van der Waals surface area (Å²) in [5.41, 5.74) is 0.971. The Hall–Kier alpha value is -3.45. The van der Waals surface area contributed by atoms with Gasteiger partial charge in [0.2, 0.25) is 5.91 Å². The fourth-order valence-corrected chi connectivity index (χ4v) is 6.25. The third-order valence-electron chi connectivity index (χ3n) is 8.75. The first-order chi connectivity index (χ1) is 18.7. The minimum absolute atomic E-state index is 0.0604. The zero-order valence-corrected chi connectivity index (χ0v) is 22.1. The number of ketones is 1. The second-order valence-corrected chi connectivity index (χ2v) is 10.9. The van der Waals surface area contributed by atoms with Gasteiger partial charge in [-0.3, -0.25) is 9.59 Å². The van der Waals surface area contributed by atoms with Crippen LogP contribution >= 0.6 is 0 Å². The minimum atomic E-state index is -0.969. The number of carbonyl (C=O) groups is 2. The van der Waals surface area contributed by atoms with Crippen molar-refractivity contribution < 1.29 is 22.8 Å². The molecular formula is C32H33F3N2O2. The summed E-state index contributed by atoms with van der Waals surface area (Å²) in [5.74, 6) is -2.34. The van der Waals surface area contributed by atoms with Crippen LogP contribution in [0.3, 0.4) is 0 Å². The van der Waals surface area contributed by atoms with Crippen LogP contribution in [0.25, 0.3) is 0 Å². The lowest BCUT2D eigenvalue weighted by molar-refractivity contribution is -0.124. The summed E-state index contributed by atoms with van der Waals surface area (Å²) >= 11 is 0. The molecule has 2 atom stereocenters. The number of halogens is 3. The summed E-state index contributed by atoms with van der Waals surface area (Å²) in [4.78, 5) is 28.6. The number of hydrogen-bond acceptors (Lipinski definition) is 3. The van der Waals surface area contributed by atoms with Crippen LogP contribution in [0.2, 0.25) is 0 Å². The molecule has 1 saturated heterocycles. The fraction of sp³-hybridized carbons (Fsp3) is 0.375. The number of nitrogens with one attached hydrogen (secondary N) is 1. The third kappa shape index (κ3) is 5.37. The zero-order valence-electron chi connectivity index (χ0n) is 22.1. The van der Waals surface area contributed by atoms with E-state index in [-0.39, 0.29) is 23.4 Å². The average Bonchev–Trinajstić information content (AvgIpc) is 3.67. The van der Waals surface area contributed by atoms with Crippen molar-refractivity contribution in [2.75, 3.05) is 26.2 Å². The highest BCUT2D eigenvalue weighted by Gasteiger charge is 2.61. The molecular weight excluding hydrogens is 501 g/mol. The van der Waals surface area contributed by atoms with E-state index in [0.717, 1.165) is 23.3 Å². The second kappa shape index (κ2) is 11.0. The third-order valence-corrected chi connectivity index (χ3v) is 8.75. The molecule has 0 radical (unpaired) electrons. The van der Waals surface area contributed by atoms with Gasteiger partial charge in [-0.15, -0.1) is 0 Å². The maximum absolute atomic E-state index is 14.2. The molecule has 0 bridgehead atoms. The van der Waals surface area contributed by atoms with Gasteiger partial charge in [-0.1, -0.05) is 48.5 Å². The van der Waals surface area contributed by atoms with Gasteiger partial charge in [0.05, 0.1) is 10.8 Å². The van der Waals surface area contributed by atoms with E-state index in [2.05, 4.69) is 10.2 Å². The molecule has 1 N–H and O–H groups in total. The Morgan fingerprint density at radius 2 is 1.59 bits per heavy atom. The number of nitrogens with zero attached hydrogens (tertiary/aromatic N) is 1. The van der Waals surface area contributed by atoms with Gasteiger partial charge in [0.25, 0.3) is 0 Å². The Balaban J connectivity index is 1.28.